The number of aryl methyl sites for hydroxylation is 1. The molecule has 0 aliphatic carbocycles. The lowest BCUT2D eigenvalue weighted by atomic mass is 9.94. The van der Waals surface area contributed by atoms with Crippen LogP contribution in [-0.2, 0) is 4.79 Å². The summed E-state index contributed by atoms with van der Waals surface area (Å²) in [5.41, 5.74) is 2.83. The van der Waals surface area contributed by atoms with Crippen LogP contribution in [0, 0.1) is 6.92 Å². The molecule has 2 unspecified atom stereocenters. The molecule has 0 radical (unpaired) electrons. The van der Waals surface area contributed by atoms with Gasteiger partial charge in [-0.3, -0.25) is 14.7 Å². The largest absolute Gasteiger partial charge is 0.480 e. The number of carbonyl (C=O) groups is 1. The molecule has 126 valence electrons. The minimum absolute atomic E-state index is 0.177. The van der Waals surface area contributed by atoms with E-state index >= 15 is 0 Å². The van der Waals surface area contributed by atoms with Crippen molar-refractivity contribution in [3.63, 3.8) is 0 Å². The second-order valence-corrected chi connectivity index (χ2v) is 6.68. The number of pyridine rings is 1. The number of hydrogen-bond donors (Lipinski definition) is 1. The summed E-state index contributed by atoms with van der Waals surface area (Å²) in [6.45, 7) is 2.70. The highest BCUT2D eigenvalue weighted by Gasteiger charge is 2.35. The number of piperidine rings is 1. The first-order valence-electron chi connectivity index (χ1n) is 8.24. The number of halogens is 1. The molecule has 5 heteroatoms. The van der Waals surface area contributed by atoms with Gasteiger partial charge in [0.05, 0.1) is 11.7 Å². The number of carboxylic acids is 1. The van der Waals surface area contributed by atoms with Crippen molar-refractivity contribution < 1.29 is 9.90 Å². The zero-order valence-corrected chi connectivity index (χ0v) is 14.4. The van der Waals surface area contributed by atoms with Crippen molar-refractivity contribution in [2.24, 2.45) is 0 Å². The molecule has 0 bridgehead atoms. The Morgan fingerprint density at radius 3 is 2.67 bits per heavy atom. The van der Waals surface area contributed by atoms with E-state index in [1.807, 2.05) is 49.4 Å². The van der Waals surface area contributed by atoms with Gasteiger partial charge < -0.3 is 5.11 Å². The lowest BCUT2D eigenvalue weighted by Gasteiger charge is -2.39. The molecule has 4 nitrogen and oxygen atoms in total. The van der Waals surface area contributed by atoms with Gasteiger partial charge in [-0.1, -0.05) is 36.2 Å². The van der Waals surface area contributed by atoms with E-state index in [2.05, 4.69) is 9.88 Å². The zero-order chi connectivity index (χ0) is 17.1. The lowest BCUT2D eigenvalue weighted by Crippen LogP contribution is -2.47. The topological polar surface area (TPSA) is 53.4 Å². The van der Waals surface area contributed by atoms with Crippen LogP contribution in [0.5, 0.6) is 0 Å². The molecule has 1 aliphatic heterocycles. The molecule has 1 fully saturated rings. The van der Waals surface area contributed by atoms with Crippen LogP contribution in [0.15, 0.2) is 42.5 Å². The van der Waals surface area contributed by atoms with E-state index in [1.165, 1.54) is 0 Å². The predicted molar refractivity (Wildman–Crippen MR) is 94.2 cm³/mol. The molecule has 0 spiro atoms. The van der Waals surface area contributed by atoms with Crippen molar-refractivity contribution >= 4 is 17.6 Å². The zero-order valence-electron chi connectivity index (χ0n) is 13.7. The van der Waals surface area contributed by atoms with Crippen molar-refractivity contribution in [3.8, 4) is 0 Å². The Morgan fingerprint density at radius 2 is 2.00 bits per heavy atom. The fraction of sp³-hybridized carbons (Fsp3) is 0.368. The van der Waals surface area contributed by atoms with Crippen LogP contribution < -0.4 is 0 Å². The molecule has 2 heterocycles. The molecule has 3 rings (SSSR count). The number of rotatable bonds is 4. The van der Waals surface area contributed by atoms with Crippen LogP contribution in [0.1, 0.15) is 42.3 Å². The summed E-state index contributed by atoms with van der Waals surface area (Å²) in [6, 6.07) is 12.9. The van der Waals surface area contributed by atoms with Gasteiger partial charge in [-0.2, -0.15) is 0 Å². The maximum atomic E-state index is 11.8. The first-order valence-corrected chi connectivity index (χ1v) is 8.61. The quantitative estimate of drug-likeness (QED) is 0.908. The van der Waals surface area contributed by atoms with Gasteiger partial charge in [0.2, 0.25) is 0 Å². The van der Waals surface area contributed by atoms with Gasteiger partial charge in [0.1, 0.15) is 6.04 Å². The van der Waals surface area contributed by atoms with Crippen LogP contribution >= 0.6 is 11.6 Å². The van der Waals surface area contributed by atoms with Crippen molar-refractivity contribution in [2.75, 3.05) is 6.54 Å². The second-order valence-electron chi connectivity index (χ2n) is 6.25. The number of likely N-dealkylation sites (tertiary alicyclic amines) is 1. The minimum atomic E-state index is -0.763. The highest BCUT2D eigenvalue weighted by molar-refractivity contribution is 6.30. The van der Waals surface area contributed by atoms with Crippen LogP contribution in [0.25, 0.3) is 0 Å². The number of aromatic nitrogens is 1. The first kappa shape index (κ1) is 16.9. The average Bonchev–Trinajstić information content (AvgIpc) is 2.57. The fourth-order valence-electron chi connectivity index (χ4n) is 3.42. The third-order valence-corrected chi connectivity index (χ3v) is 4.79. The van der Waals surface area contributed by atoms with Crippen molar-refractivity contribution in [1.82, 2.24) is 9.88 Å². The fourth-order valence-corrected chi connectivity index (χ4v) is 3.55. The number of aliphatic carboxylic acids is 1. The minimum Gasteiger partial charge on any atom is -0.480 e. The average molecular weight is 345 g/mol. The molecule has 1 aromatic carbocycles. The maximum Gasteiger partial charge on any atom is 0.320 e. The standard InChI is InChI=1S/C19H21ClN2O2/c1-13-5-4-6-16(21-13)18(14-8-10-15(20)11-9-14)22-12-3-2-7-17(22)19(23)24/h4-6,8-11,17-18H,2-3,7,12H2,1H3,(H,23,24). The van der Waals surface area contributed by atoms with Gasteiger partial charge in [-0.25, -0.2) is 0 Å². The summed E-state index contributed by atoms with van der Waals surface area (Å²) >= 11 is 6.03. The van der Waals surface area contributed by atoms with E-state index in [0.29, 0.717) is 11.4 Å². The maximum absolute atomic E-state index is 11.8. The molecule has 0 amide bonds. The second kappa shape index (κ2) is 7.32. The van der Waals surface area contributed by atoms with Crippen LogP contribution in [0.2, 0.25) is 5.02 Å². The Balaban J connectivity index is 2.07. The van der Waals surface area contributed by atoms with Crippen LogP contribution in [0.3, 0.4) is 0 Å². The van der Waals surface area contributed by atoms with E-state index < -0.39 is 12.0 Å². The van der Waals surface area contributed by atoms with Crippen LogP contribution in [-0.4, -0.2) is 33.5 Å². The van der Waals surface area contributed by atoms with E-state index in [4.69, 9.17) is 11.6 Å². The first-order chi connectivity index (χ1) is 11.6. The SMILES string of the molecule is Cc1cccc(C(c2ccc(Cl)cc2)N2CCCCC2C(=O)O)n1. The summed E-state index contributed by atoms with van der Waals surface area (Å²) in [4.78, 5) is 18.5. The molecular weight excluding hydrogens is 324 g/mol. The van der Waals surface area contributed by atoms with Crippen molar-refractivity contribution in [1.29, 1.82) is 0 Å². The Labute approximate surface area is 147 Å². The third kappa shape index (κ3) is 3.60. The normalized spacial score (nSPS) is 19.8. The number of hydrogen-bond acceptors (Lipinski definition) is 3. The molecule has 1 aromatic heterocycles. The summed E-state index contributed by atoms with van der Waals surface area (Å²) in [5, 5.41) is 10.3. The highest BCUT2D eigenvalue weighted by Crippen LogP contribution is 2.34. The van der Waals surface area contributed by atoms with E-state index in [-0.39, 0.29) is 6.04 Å². The van der Waals surface area contributed by atoms with E-state index in [9.17, 15) is 9.90 Å². The molecule has 1 saturated heterocycles. The molecular formula is C19H21ClN2O2. The monoisotopic (exact) mass is 344 g/mol. The number of nitrogens with zero attached hydrogens (tertiary/aromatic N) is 2. The summed E-state index contributed by atoms with van der Waals surface area (Å²) < 4.78 is 0. The van der Waals surface area contributed by atoms with Crippen LogP contribution in [0.4, 0.5) is 0 Å². The molecule has 1 N–H and O–H groups in total. The molecule has 2 atom stereocenters. The summed E-state index contributed by atoms with van der Waals surface area (Å²) in [7, 11) is 0. The van der Waals surface area contributed by atoms with Gasteiger partial charge in [0.15, 0.2) is 0 Å². The highest BCUT2D eigenvalue weighted by atomic mass is 35.5. The van der Waals surface area contributed by atoms with Gasteiger partial charge in [-0.05, 0) is 56.1 Å². The predicted octanol–water partition coefficient (Wildman–Crippen LogP) is 4.07. The summed E-state index contributed by atoms with van der Waals surface area (Å²) in [6.07, 6.45) is 2.62. The Bertz CT molecular complexity index is 718. The van der Waals surface area contributed by atoms with E-state index in [0.717, 1.165) is 36.3 Å². The van der Waals surface area contributed by atoms with E-state index in [1.54, 1.807) is 0 Å². The number of benzene rings is 1. The smallest absolute Gasteiger partial charge is 0.320 e. The van der Waals surface area contributed by atoms with Crippen molar-refractivity contribution in [2.45, 2.75) is 38.3 Å². The molecule has 1 aliphatic rings. The van der Waals surface area contributed by atoms with Gasteiger partial charge in [-0.15, -0.1) is 0 Å². The van der Waals surface area contributed by atoms with Gasteiger partial charge in [0.25, 0.3) is 0 Å². The van der Waals surface area contributed by atoms with Gasteiger partial charge >= 0.3 is 5.97 Å². The molecule has 0 saturated carbocycles. The third-order valence-electron chi connectivity index (χ3n) is 4.54. The summed E-state index contributed by atoms with van der Waals surface area (Å²) in [5.74, 6) is -0.763. The number of carboxylic acid groups (broad SMARTS) is 1. The molecule has 24 heavy (non-hydrogen) atoms. The lowest BCUT2D eigenvalue weighted by molar-refractivity contribution is -0.145. The Morgan fingerprint density at radius 1 is 1.25 bits per heavy atom. The van der Waals surface area contributed by atoms with Crippen molar-refractivity contribution in [3.05, 3.63) is 64.4 Å². The Hall–Kier alpha value is -1.91. The molecule has 2 aromatic rings. The van der Waals surface area contributed by atoms with Gasteiger partial charge in [0, 0.05) is 10.7 Å². The Kier molecular flexibility index (Phi) is 5.17.